The largest absolute Gasteiger partial charge is 0.445 e. The molecule has 8 aromatic rings. The molecule has 0 aliphatic heterocycles. The van der Waals surface area contributed by atoms with Gasteiger partial charge in [0, 0.05) is 19.1 Å². The molecule has 0 aliphatic carbocycles. The van der Waals surface area contributed by atoms with Gasteiger partial charge in [0.1, 0.15) is 47.1 Å². The lowest BCUT2D eigenvalue weighted by atomic mass is 10.0. The van der Waals surface area contributed by atoms with Gasteiger partial charge in [-0.3, -0.25) is 0 Å². The minimum absolute atomic E-state index is 0.101. The number of alkyl carbamates (subject to hydrolysis) is 4. The number of amides is 4. The predicted molar refractivity (Wildman–Crippen MR) is 332 cm³/mol. The third kappa shape index (κ3) is 23.6. The fraction of sp³-hybridized carbons (Fsp3) is 0.379. The van der Waals surface area contributed by atoms with Crippen LogP contribution in [0, 0.1) is 0 Å². The zero-order valence-corrected chi connectivity index (χ0v) is 50.6. The van der Waals surface area contributed by atoms with Gasteiger partial charge in [0.25, 0.3) is 0 Å². The van der Waals surface area contributed by atoms with Crippen molar-refractivity contribution in [2.75, 3.05) is 13.1 Å². The molecule has 0 saturated heterocycles. The van der Waals surface area contributed by atoms with Crippen molar-refractivity contribution < 1.29 is 66.7 Å². The lowest BCUT2D eigenvalue weighted by molar-refractivity contribution is 0.0516. The highest BCUT2D eigenvalue weighted by molar-refractivity contribution is 5.74. The van der Waals surface area contributed by atoms with Crippen LogP contribution in [0.3, 0.4) is 0 Å². The van der Waals surface area contributed by atoms with E-state index in [1.807, 2.05) is 142 Å². The van der Waals surface area contributed by atoms with E-state index in [4.69, 9.17) is 37.9 Å². The van der Waals surface area contributed by atoms with Crippen LogP contribution in [0.4, 0.5) is 19.2 Å². The van der Waals surface area contributed by atoms with Crippen molar-refractivity contribution in [3.63, 3.8) is 0 Å². The first-order chi connectivity index (χ1) is 42.1. The minimum atomic E-state index is -1.20. The lowest BCUT2D eigenvalue weighted by Crippen LogP contribution is -2.39. The average molecular weight is 1210 g/mol. The quantitative estimate of drug-likeness (QED) is 0.0150. The molecule has 4 amide bonds. The van der Waals surface area contributed by atoms with Gasteiger partial charge < -0.3 is 74.5 Å². The van der Waals surface area contributed by atoms with Crippen LogP contribution >= 0.6 is 0 Å². The number of fused-ring (bicyclic) bond motifs is 3. The standard InChI is InChI=1S/C27H33N3O6.C20H20N2O4.C19H29N3O4/c1-27(2,3)36-25(32)28-17-11-5-8-15-21(30-26(33)34-18-19-12-6-4-7-13-19)23(31)24-29-20-14-9-10-16-22(20)35-24;1-2-8-16(22-20(24)25-13-14-9-4-3-5-10-14)18(23)19-21-15-11-6-7-12-17(15)26-19;1-19(2,3)26-18(24)21-12-8-4-5-9-13(20)16(23)17-22-14-10-6-7-11-15(14)25-17/h4-10,12-14,16,21,23,31H,11,15,17-18H2,1-3H3,(H,28,32)(H,30,33);2-7,9-12,16,18,23H,1,8,13H2,(H,22,24);6-7,10-11,13,16,23H,4-5,8-9,12,20H2,1-3H3,(H,21,24)/t21-,23?;16-,18?;13-,16?/m000/s1. The number of rotatable bonds is 25. The van der Waals surface area contributed by atoms with Gasteiger partial charge in [-0.1, -0.05) is 128 Å². The molecule has 3 unspecified atom stereocenters. The summed E-state index contributed by atoms with van der Waals surface area (Å²) < 4.78 is 37.7. The van der Waals surface area contributed by atoms with Crippen LogP contribution in [-0.2, 0) is 32.2 Å². The van der Waals surface area contributed by atoms with Gasteiger partial charge in [-0.25, -0.2) is 34.1 Å². The molecular weight excluding hydrogens is 1130 g/mol. The van der Waals surface area contributed by atoms with Gasteiger partial charge in [-0.2, -0.15) is 0 Å². The SMILES string of the molecule is C=CC[C@H](NC(=O)OCc1ccccc1)C(O)c1nc2ccccc2o1.CC(C)(C)OC(=O)NCCC=CC[C@H](NC(=O)OCc1ccccc1)C(O)c1nc2ccccc2o1.CC(C)(C)OC(=O)NCCCCC[C@H](N)C(O)c1nc2ccccc2o1. The molecule has 0 fully saturated rings. The Bertz CT molecular complexity index is 3350. The first kappa shape index (κ1) is 68.0. The maximum Gasteiger partial charge on any atom is 0.407 e. The number of carbonyl (C=O) groups excluding carboxylic acids is 4. The second kappa shape index (κ2) is 34.3. The van der Waals surface area contributed by atoms with Gasteiger partial charge >= 0.3 is 24.4 Å². The second-order valence-corrected chi connectivity index (χ2v) is 22.4. The third-order valence-electron chi connectivity index (χ3n) is 12.7. The monoisotopic (exact) mass is 1210 g/mol. The van der Waals surface area contributed by atoms with E-state index in [9.17, 15) is 34.5 Å². The molecule has 5 aromatic carbocycles. The molecule has 3 heterocycles. The van der Waals surface area contributed by atoms with Gasteiger partial charge in [-0.15, -0.1) is 6.58 Å². The zero-order chi connectivity index (χ0) is 63.5. The second-order valence-electron chi connectivity index (χ2n) is 22.4. The Labute approximate surface area is 511 Å². The van der Waals surface area contributed by atoms with Crippen LogP contribution < -0.4 is 27.0 Å². The molecule has 8 rings (SSSR count). The highest BCUT2D eigenvalue weighted by Gasteiger charge is 2.29. The van der Waals surface area contributed by atoms with Gasteiger partial charge in [0.15, 0.2) is 29.0 Å². The van der Waals surface area contributed by atoms with E-state index in [1.54, 1.807) is 51.1 Å². The number of hydrogen-bond donors (Lipinski definition) is 8. The minimum Gasteiger partial charge on any atom is -0.445 e. The fourth-order valence-electron chi connectivity index (χ4n) is 8.40. The number of benzene rings is 5. The van der Waals surface area contributed by atoms with E-state index < -0.39 is 72.0 Å². The molecule has 0 radical (unpaired) electrons. The number of carbonyl (C=O) groups is 4. The zero-order valence-electron chi connectivity index (χ0n) is 50.6. The summed E-state index contributed by atoms with van der Waals surface area (Å²) in [6.45, 7) is 15.7. The molecule has 0 saturated carbocycles. The van der Waals surface area contributed by atoms with Crippen molar-refractivity contribution in [2.45, 2.75) is 147 Å². The van der Waals surface area contributed by atoms with Crippen molar-refractivity contribution in [1.29, 1.82) is 0 Å². The summed E-state index contributed by atoms with van der Waals surface area (Å²) in [7, 11) is 0. The van der Waals surface area contributed by atoms with Crippen molar-refractivity contribution in [3.05, 3.63) is 187 Å². The smallest absolute Gasteiger partial charge is 0.407 e. The number of hydrogen-bond acceptors (Lipinski definition) is 18. The molecule has 22 heteroatoms. The molecule has 0 spiro atoms. The van der Waals surface area contributed by atoms with Crippen LogP contribution in [0.2, 0.25) is 0 Å². The Morgan fingerprint density at radius 3 is 1.34 bits per heavy atom. The maximum atomic E-state index is 12.5. The number of nitrogens with zero attached hydrogens (tertiary/aromatic N) is 3. The van der Waals surface area contributed by atoms with E-state index >= 15 is 0 Å². The maximum absolute atomic E-state index is 12.5. The molecule has 6 atom stereocenters. The highest BCUT2D eigenvalue weighted by Crippen LogP contribution is 2.27. The number of aliphatic hydroxyl groups is 3. The van der Waals surface area contributed by atoms with Gasteiger partial charge in [0.05, 0.1) is 12.1 Å². The van der Waals surface area contributed by atoms with E-state index in [2.05, 4.69) is 42.8 Å². The Kier molecular flexibility index (Phi) is 26.5. The Morgan fingerprint density at radius 1 is 0.523 bits per heavy atom. The Hall–Kier alpha value is -9.09. The van der Waals surface area contributed by atoms with Crippen molar-refractivity contribution in [1.82, 2.24) is 36.2 Å². The number of nitrogens with two attached hydrogens (primary N) is 1. The molecule has 0 aliphatic rings. The fourth-order valence-corrected chi connectivity index (χ4v) is 8.40. The van der Waals surface area contributed by atoms with Crippen LogP contribution in [0.5, 0.6) is 0 Å². The third-order valence-corrected chi connectivity index (χ3v) is 12.7. The summed E-state index contributed by atoms with van der Waals surface area (Å²) in [5, 5.41) is 42.6. The number of ether oxygens (including phenoxy) is 4. The van der Waals surface area contributed by atoms with E-state index in [1.165, 1.54) is 0 Å². The van der Waals surface area contributed by atoms with E-state index in [0.29, 0.717) is 65.7 Å². The first-order valence-corrected chi connectivity index (χ1v) is 29.1. The molecular formula is C66H82N8O14. The molecule has 22 nitrogen and oxygen atoms in total. The van der Waals surface area contributed by atoms with Gasteiger partial charge in [-0.05, 0) is 121 Å². The molecule has 88 heavy (non-hydrogen) atoms. The van der Waals surface area contributed by atoms with Crippen molar-refractivity contribution in [2.24, 2.45) is 5.73 Å². The highest BCUT2D eigenvalue weighted by atomic mass is 16.6. The number of aromatic nitrogens is 3. The summed E-state index contributed by atoms with van der Waals surface area (Å²) >= 11 is 0. The van der Waals surface area contributed by atoms with Crippen LogP contribution in [-0.4, -0.2) is 97.1 Å². The summed E-state index contributed by atoms with van der Waals surface area (Å²) in [6.07, 6.45) is 4.20. The molecule has 3 aromatic heterocycles. The van der Waals surface area contributed by atoms with Crippen LogP contribution in [0.25, 0.3) is 33.3 Å². The topological polar surface area (TPSA) is 318 Å². The summed E-state index contributed by atoms with van der Waals surface area (Å²) in [4.78, 5) is 60.7. The lowest BCUT2D eigenvalue weighted by Gasteiger charge is -2.21. The normalized spacial score (nSPS) is 13.5. The van der Waals surface area contributed by atoms with Crippen LogP contribution in [0.15, 0.2) is 172 Å². The number of aliphatic hydroxyl groups excluding tert-OH is 3. The van der Waals surface area contributed by atoms with E-state index in [-0.39, 0.29) is 37.3 Å². The first-order valence-electron chi connectivity index (χ1n) is 29.1. The number of para-hydroxylation sites is 6. The van der Waals surface area contributed by atoms with Crippen molar-refractivity contribution >= 4 is 57.7 Å². The van der Waals surface area contributed by atoms with E-state index in [0.717, 1.165) is 30.4 Å². The predicted octanol–water partition coefficient (Wildman–Crippen LogP) is 12.0. The Balaban J connectivity index is 0.000000215. The number of unbranched alkanes of at least 4 members (excludes halogenated alkanes) is 2. The molecule has 9 N–H and O–H groups in total. The summed E-state index contributed by atoms with van der Waals surface area (Å²) in [5.41, 5.74) is 10.5. The molecule has 470 valence electrons. The Morgan fingerprint density at radius 2 is 0.920 bits per heavy atom. The summed E-state index contributed by atoms with van der Waals surface area (Å²) in [5.74, 6) is 0.497. The van der Waals surface area contributed by atoms with Crippen molar-refractivity contribution in [3.8, 4) is 0 Å². The average Bonchev–Trinajstić information content (AvgIpc) is 4.01. The summed E-state index contributed by atoms with van der Waals surface area (Å²) in [6, 6.07) is 38.6. The van der Waals surface area contributed by atoms with Gasteiger partial charge in [0.2, 0.25) is 17.7 Å². The molecule has 0 bridgehead atoms. The van der Waals surface area contributed by atoms with Crippen LogP contribution in [0.1, 0.15) is 134 Å². The number of nitrogens with one attached hydrogen (secondary N) is 4. The number of oxazole rings is 3.